The number of hydrogen-bond acceptors (Lipinski definition) is 4. The predicted octanol–water partition coefficient (Wildman–Crippen LogP) is 4.04. The van der Waals surface area contributed by atoms with E-state index in [0.717, 1.165) is 48.7 Å². The quantitative estimate of drug-likeness (QED) is 0.555. The van der Waals surface area contributed by atoms with Crippen molar-refractivity contribution < 1.29 is 14.3 Å². The molecule has 3 aromatic carbocycles. The number of benzene rings is 3. The number of carbonyl (C=O) groups is 2. The Kier molecular flexibility index (Phi) is 7.94. The summed E-state index contributed by atoms with van der Waals surface area (Å²) < 4.78 is 5.41. The monoisotopic (exact) mass is 457 g/mol. The first-order valence-corrected chi connectivity index (χ1v) is 11.7. The summed E-state index contributed by atoms with van der Waals surface area (Å²) in [7, 11) is 0. The number of carbonyl (C=O) groups excluding carboxylic acids is 2. The third-order valence-electron chi connectivity index (χ3n) is 5.91. The Morgan fingerprint density at radius 2 is 1.56 bits per heavy atom. The SMILES string of the molecule is Cc1ccc(CN(CC(=O)Nc2ccc(N3CCOCC3)cc2)C(=O)Cc2ccccc2)cc1. The molecule has 0 radical (unpaired) electrons. The maximum atomic E-state index is 13.1. The van der Waals surface area contributed by atoms with E-state index in [0.29, 0.717) is 12.2 Å². The average molecular weight is 458 g/mol. The normalized spacial score (nSPS) is 13.4. The van der Waals surface area contributed by atoms with Gasteiger partial charge >= 0.3 is 0 Å². The standard InChI is InChI=1S/C28H31N3O3/c1-22-7-9-24(10-8-22)20-31(28(33)19-23-5-3-2-4-6-23)21-27(32)29-25-11-13-26(14-12-25)30-15-17-34-18-16-30/h2-14H,15-21H2,1H3,(H,29,32). The summed E-state index contributed by atoms with van der Waals surface area (Å²) in [4.78, 5) is 29.9. The number of rotatable bonds is 8. The molecule has 0 saturated carbocycles. The van der Waals surface area contributed by atoms with Gasteiger partial charge in [-0.05, 0) is 42.3 Å². The van der Waals surface area contributed by atoms with Crippen molar-refractivity contribution in [2.45, 2.75) is 19.9 Å². The highest BCUT2D eigenvalue weighted by Crippen LogP contribution is 2.19. The largest absolute Gasteiger partial charge is 0.378 e. The van der Waals surface area contributed by atoms with Gasteiger partial charge in [0.15, 0.2) is 0 Å². The highest BCUT2D eigenvalue weighted by atomic mass is 16.5. The summed E-state index contributed by atoms with van der Waals surface area (Å²) in [5.74, 6) is -0.294. The van der Waals surface area contributed by atoms with Crippen LogP contribution in [0.5, 0.6) is 0 Å². The van der Waals surface area contributed by atoms with Crippen molar-refractivity contribution in [3.63, 3.8) is 0 Å². The molecule has 1 aliphatic heterocycles. The molecule has 34 heavy (non-hydrogen) atoms. The second-order valence-electron chi connectivity index (χ2n) is 8.59. The molecule has 6 nitrogen and oxygen atoms in total. The number of aryl methyl sites for hydroxylation is 1. The van der Waals surface area contributed by atoms with E-state index in [1.807, 2.05) is 85.8 Å². The van der Waals surface area contributed by atoms with Crippen molar-refractivity contribution in [3.05, 3.63) is 95.6 Å². The molecule has 3 aromatic rings. The van der Waals surface area contributed by atoms with Crippen LogP contribution < -0.4 is 10.2 Å². The van der Waals surface area contributed by atoms with E-state index in [-0.39, 0.29) is 24.8 Å². The van der Waals surface area contributed by atoms with Crippen molar-refractivity contribution in [2.24, 2.45) is 0 Å². The van der Waals surface area contributed by atoms with Crippen molar-refractivity contribution in [3.8, 4) is 0 Å². The lowest BCUT2D eigenvalue weighted by Gasteiger charge is -2.29. The van der Waals surface area contributed by atoms with Crippen LogP contribution in [0.3, 0.4) is 0 Å². The second kappa shape index (κ2) is 11.5. The molecule has 4 rings (SSSR count). The van der Waals surface area contributed by atoms with Crippen LogP contribution in [0.15, 0.2) is 78.9 Å². The van der Waals surface area contributed by atoms with E-state index >= 15 is 0 Å². The van der Waals surface area contributed by atoms with Crippen LogP contribution in [-0.4, -0.2) is 49.6 Å². The Morgan fingerprint density at radius 3 is 2.24 bits per heavy atom. The average Bonchev–Trinajstić information content (AvgIpc) is 2.86. The molecule has 1 aliphatic rings. The third kappa shape index (κ3) is 6.68. The van der Waals surface area contributed by atoms with Crippen LogP contribution in [-0.2, 0) is 27.3 Å². The topological polar surface area (TPSA) is 61.9 Å². The van der Waals surface area contributed by atoms with Crippen molar-refractivity contribution >= 4 is 23.2 Å². The molecule has 2 amide bonds. The fourth-order valence-corrected chi connectivity index (χ4v) is 3.98. The smallest absolute Gasteiger partial charge is 0.244 e. The van der Waals surface area contributed by atoms with Gasteiger partial charge in [0.05, 0.1) is 19.6 Å². The minimum atomic E-state index is -0.215. The van der Waals surface area contributed by atoms with Crippen molar-refractivity contribution in [1.29, 1.82) is 0 Å². The molecule has 0 unspecified atom stereocenters. The molecule has 0 aliphatic carbocycles. The Labute approximate surface area is 201 Å². The second-order valence-corrected chi connectivity index (χ2v) is 8.59. The summed E-state index contributed by atoms with van der Waals surface area (Å²) in [5, 5.41) is 2.94. The molecule has 1 N–H and O–H groups in total. The molecule has 176 valence electrons. The number of anilines is 2. The predicted molar refractivity (Wildman–Crippen MR) is 135 cm³/mol. The fraction of sp³-hybridized carbons (Fsp3) is 0.286. The van der Waals surface area contributed by atoms with Gasteiger partial charge in [-0.15, -0.1) is 0 Å². The molecule has 0 atom stereocenters. The van der Waals surface area contributed by atoms with Gasteiger partial charge in [0, 0.05) is 31.0 Å². The molecule has 0 spiro atoms. The number of hydrogen-bond donors (Lipinski definition) is 1. The molecule has 1 heterocycles. The van der Waals surface area contributed by atoms with E-state index in [1.54, 1.807) is 4.90 Å². The van der Waals surface area contributed by atoms with Crippen LogP contribution in [0, 0.1) is 6.92 Å². The maximum Gasteiger partial charge on any atom is 0.244 e. The first-order chi connectivity index (χ1) is 16.6. The minimum absolute atomic E-state index is 0.00917. The molecular formula is C28H31N3O3. The van der Waals surface area contributed by atoms with Gasteiger partial charge < -0.3 is 19.9 Å². The van der Waals surface area contributed by atoms with Gasteiger partial charge in [-0.25, -0.2) is 0 Å². The zero-order chi connectivity index (χ0) is 23.8. The Balaban J connectivity index is 1.41. The number of amides is 2. The summed E-state index contributed by atoms with van der Waals surface area (Å²) in [5.41, 5.74) is 4.91. The van der Waals surface area contributed by atoms with Gasteiger partial charge in [-0.3, -0.25) is 9.59 Å². The number of ether oxygens (including phenoxy) is 1. The lowest BCUT2D eigenvalue weighted by Crippen LogP contribution is -2.38. The van der Waals surface area contributed by atoms with Crippen LogP contribution >= 0.6 is 0 Å². The van der Waals surface area contributed by atoms with Crippen molar-refractivity contribution in [2.75, 3.05) is 43.1 Å². The van der Waals surface area contributed by atoms with E-state index in [4.69, 9.17) is 4.74 Å². The molecular weight excluding hydrogens is 426 g/mol. The highest BCUT2D eigenvalue weighted by Gasteiger charge is 2.19. The molecule has 1 saturated heterocycles. The number of morpholine rings is 1. The summed E-state index contributed by atoms with van der Waals surface area (Å²) in [6, 6.07) is 25.5. The Hall–Kier alpha value is -3.64. The van der Waals surface area contributed by atoms with Gasteiger partial charge in [-0.1, -0.05) is 60.2 Å². The lowest BCUT2D eigenvalue weighted by molar-refractivity contribution is -0.134. The Morgan fingerprint density at radius 1 is 0.882 bits per heavy atom. The summed E-state index contributed by atoms with van der Waals surface area (Å²) in [6.45, 7) is 5.59. The van der Waals surface area contributed by atoms with Crippen LogP contribution in [0.4, 0.5) is 11.4 Å². The maximum absolute atomic E-state index is 13.1. The van der Waals surface area contributed by atoms with Crippen molar-refractivity contribution in [1.82, 2.24) is 4.90 Å². The number of nitrogens with one attached hydrogen (secondary N) is 1. The zero-order valence-electron chi connectivity index (χ0n) is 19.6. The molecule has 0 bridgehead atoms. The minimum Gasteiger partial charge on any atom is -0.378 e. The van der Waals surface area contributed by atoms with E-state index in [9.17, 15) is 9.59 Å². The van der Waals surface area contributed by atoms with E-state index < -0.39 is 0 Å². The van der Waals surface area contributed by atoms with Gasteiger partial charge in [0.2, 0.25) is 11.8 Å². The number of nitrogens with zero attached hydrogens (tertiary/aromatic N) is 2. The van der Waals surface area contributed by atoms with Crippen LogP contribution in [0.2, 0.25) is 0 Å². The van der Waals surface area contributed by atoms with Gasteiger partial charge in [0.25, 0.3) is 0 Å². The van der Waals surface area contributed by atoms with Crippen LogP contribution in [0.1, 0.15) is 16.7 Å². The summed E-state index contributed by atoms with van der Waals surface area (Å²) >= 11 is 0. The zero-order valence-corrected chi connectivity index (χ0v) is 19.6. The third-order valence-corrected chi connectivity index (χ3v) is 5.91. The van der Waals surface area contributed by atoms with Crippen LogP contribution in [0.25, 0.3) is 0 Å². The van der Waals surface area contributed by atoms with E-state index in [2.05, 4.69) is 10.2 Å². The van der Waals surface area contributed by atoms with Gasteiger partial charge in [-0.2, -0.15) is 0 Å². The molecule has 1 fully saturated rings. The first kappa shape index (κ1) is 23.5. The fourth-order valence-electron chi connectivity index (χ4n) is 3.98. The highest BCUT2D eigenvalue weighted by molar-refractivity contribution is 5.95. The molecule has 6 heteroatoms. The van der Waals surface area contributed by atoms with Gasteiger partial charge in [0.1, 0.15) is 6.54 Å². The molecule has 0 aromatic heterocycles. The lowest BCUT2D eigenvalue weighted by atomic mass is 10.1. The first-order valence-electron chi connectivity index (χ1n) is 11.7. The Bertz CT molecular complexity index is 1080. The van der Waals surface area contributed by atoms with E-state index in [1.165, 1.54) is 0 Å². The summed E-state index contributed by atoms with van der Waals surface area (Å²) in [6.07, 6.45) is 0.258.